The smallest absolute Gasteiger partial charge is 0.262 e. The van der Waals surface area contributed by atoms with Crippen LogP contribution in [0.3, 0.4) is 0 Å². The summed E-state index contributed by atoms with van der Waals surface area (Å²) in [5.74, 6) is -0.491. The number of aromatic nitrogens is 1. The van der Waals surface area contributed by atoms with Gasteiger partial charge in [0.2, 0.25) is 0 Å². The molecule has 1 aromatic heterocycles. The number of carbonyl (C=O) groups is 2. The van der Waals surface area contributed by atoms with Crippen molar-refractivity contribution in [3.8, 4) is 5.75 Å². The van der Waals surface area contributed by atoms with E-state index in [1.807, 2.05) is 60.0 Å². The molecular formula is C31H23N3O3S. The molecule has 5 aromatic rings. The van der Waals surface area contributed by atoms with Gasteiger partial charge in [-0.1, -0.05) is 97.1 Å². The molecule has 0 atom stereocenters. The van der Waals surface area contributed by atoms with E-state index in [4.69, 9.17) is 9.72 Å². The minimum Gasteiger partial charge on any atom is -0.486 e. The maximum Gasteiger partial charge on any atom is 0.262 e. The molecule has 0 aliphatic carbocycles. The van der Waals surface area contributed by atoms with Crippen LogP contribution >= 0.6 is 11.3 Å². The van der Waals surface area contributed by atoms with Gasteiger partial charge in [0.1, 0.15) is 17.9 Å². The quantitative estimate of drug-likeness (QED) is 0.195. The Bertz CT molecular complexity index is 1510. The van der Waals surface area contributed by atoms with E-state index in [0.717, 1.165) is 21.8 Å². The number of benzene rings is 4. The van der Waals surface area contributed by atoms with Crippen molar-refractivity contribution >= 4 is 28.3 Å². The molecule has 2 N–H and O–H groups in total. The van der Waals surface area contributed by atoms with Crippen LogP contribution in [0.2, 0.25) is 0 Å². The fraction of sp³-hybridized carbons (Fsp3) is 0.0645. The number of hydrogen-bond donors (Lipinski definition) is 2. The van der Waals surface area contributed by atoms with Gasteiger partial charge in [-0.25, -0.2) is 4.98 Å². The number of amides is 2. The molecule has 7 heteroatoms. The highest BCUT2D eigenvalue weighted by Crippen LogP contribution is 2.40. The molecule has 0 spiro atoms. The van der Waals surface area contributed by atoms with Gasteiger partial charge < -0.3 is 10.1 Å². The van der Waals surface area contributed by atoms with E-state index in [9.17, 15) is 9.59 Å². The lowest BCUT2D eigenvalue weighted by Gasteiger charge is -2.36. The second-order valence-corrected chi connectivity index (χ2v) is 9.73. The normalized spacial score (nSPS) is 12.6. The maximum atomic E-state index is 12.2. The van der Waals surface area contributed by atoms with E-state index in [0.29, 0.717) is 17.0 Å². The summed E-state index contributed by atoms with van der Waals surface area (Å²) in [5.41, 5.74) is 3.87. The maximum absolute atomic E-state index is 12.2. The van der Waals surface area contributed by atoms with Crippen molar-refractivity contribution in [1.29, 1.82) is 0 Å². The average Bonchev–Trinajstić information content (AvgIpc) is 3.55. The number of thiazole rings is 1. The fourth-order valence-electron chi connectivity index (χ4n) is 4.83. The Balaban J connectivity index is 1.34. The number of carbonyl (C=O) groups excluding carboxylic acids is 2. The van der Waals surface area contributed by atoms with Gasteiger partial charge in [-0.3, -0.25) is 14.9 Å². The summed E-state index contributed by atoms with van der Waals surface area (Å²) in [7, 11) is 0. The zero-order valence-corrected chi connectivity index (χ0v) is 21.1. The van der Waals surface area contributed by atoms with Crippen molar-refractivity contribution < 1.29 is 14.3 Å². The lowest BCUT2D eigenvalue weighted by molar-refractivity contribution is 0.0878. The molecule has 0 saturated carbocycles. The number of hydrogen-bond acceptors (Lipinski definition) is 6. The van der Waals surface area contributed by atoms with Crippen LogP contribution in [0.5, 0.6) is 5.75 Å². The SMILES string of the molecule is O=C1NC(=O)c2c(OCc3csc(NC(c4ccccc4)(c4ccccc4)c4ccccc4)n3)cccc21. The molecule has 6 rings (SSSR count). The Morgan fingerprint density at radius 2 is 1.32 bits per heavy atom. The highest BCUT2D eigenvalue weighted by atomic mass is 32.1. The molecule has 0 saturated heterocycles. The van der Waals surface area contributed by atoms with Crippen LogP contribution in [-0.4, -0.2) is 16.8 Å². The fourth-order valence-corrected chi connectivity index (χ4v) is 5.58. The minimum absolute atomic E-state index is 0.158. The Morgan fingerprint density at radius 3 is 1.89 bits per heavy atom. The lowest BCUT2D eigenvalue weighted by atomic mass is 9.77. The number of anilines is 1. The second-order valence-electron chi connectivity index (χ2n) is 8.87. The third kappa shape index (κ3) is 4.23. The van der Waals surface area contributed by atoms with Gasteiger partial charge in [0, 0.05) is 5.38 Å². The Labute approximate surface area is 224 Å². The Morgan fingerprint density at radius 1 is 0.737 bits per heavy atom. The molecule has 0 bridgehead atoms. The second kappa shape index (κ2) is 9.95. The summed E-state index contributed by atoms with van der Waals surface area (Å²) in [6.45, 7) is 0.158. The molecule has 0 unspecified atom stereocenters. The first-order valence-corrected chi connectivity index (χ1v) is 13.0. The predicted octanol–water partition coefficient (Wildman–Crippen LogP) is 6.01. The highest BCUT2D eigenvalue weighted by molar-refractivity contribution is 7.13. The van der Waals surface area contributed by atoms with Crippen molar-refractivity contribution in [1.82, 2.24) is 10.3 Å². The van der Waals surface area contributed by atoms with Crippen LogP contribution in [0.1, 0.15) is 43.1 Å². The van der Waals surface area contributed by atoms with Crippen LogP contribution in [0.25, 0.3) is 0 Å². The van der Waals surface area contributed by atoms with Gasteiger partial charge >= 0.3 is 0 Å². The van der Waals surface area contributed by atoms with E-state index in [2.05, 4.69) is 47.0 Å². The molecule has 1 aliphatic heterocycles. The molecule has 1 aliphatic rings. The summed E-state index contributed by atoms with van der Waals surface area (Å²) in [4.78, 5) is 29.0. The zero-order valence-electron chi connectivity index (χ0n) is 20.3. The van der Waals surface area contributed by atoms with Crippen LogP contribution < -0.4 is 15.4 Å². The largest absolute Gasteiger partial charge is 0.486 e. The lowest BCUT2D eigenvalue weighted by Crippen LogP contribution is -2.38. The third-order valence-electron chi connectivity index (χ3n) is 6.57. The molecule has 0 fully saturated rings. The van der Waals surface area contributed by atoms with E-state index in [1.165, 1.54) is 11.3 Å². The first kappa shape index (κ1) is 23.6. The molecule has 4 aromatic carbocycles. The van der Waals surface area contributed by atoms with E-state index in [1.54, 1.807) is 18.2 Å². The third-order valence-corrected chi connectivity index (χ3v) is 7.37. The van der Waals surface area contributed by atoms with E-state index < -0.39 is 17.4 Å². The van der Waals surface area contributed by atoms with Crippen molar-refractivity contribution in [2.24, 2.45) is 0 Å². The first-order valence-electron chi connectivity index (χ1n) is 12.2. The van der Waals surface area contributed by atoms with Crippen LogP contribution in [-0.2, 0) is 12.1 Å². The number of ether oxygens (including phenoxy) is 1. The van der Waals surface area contributed by atoms with Crippen molar-refractivity contribution in [3.63, 3.8) is 0 Å². The van der Waals surface area contributed by atoms with Crippen molar-refractivity contribution in [2.45, 2.75) is 12.1 Å². The molecule has 6 nitrogen and oxygen atoms in total. The highest BCUT2D eigenvalue weighted by Gasteiger charge is 2.37. The van der Waals surface area contributed by atoms with Crippen LogP contribution in [0.15, 0.2) is 115 Å². The Kier molecular flexibility index (Phi) is 6.19. The van der Waals surface area contributed by atoms with Crippen molar-refractivity contribution in [3.05, 3.63) is 148 Å². The molecule has 38 heavy (non-hydrogen) atoms. The standard InChI is InChI=1S/C31H23N3O3S/c35-28-25-17-10-18-26(27(25)29(36)33-28)37-19-24-20-38-30(32-24)34-31(21-11-4-1-5-12-21,22-13-6-2-7-14-22)23-15-8-3-9-16-23/h1-18,20H,19H2,(H,32,34)(H,33,35,36). The molecule has 186 valence electrons. The number of imide groups is 1. The van der Waals surface area contributed by atoms with Gasteiger partial charge in [0.15, 0.2) is 5.13 Å². The number of nitrogens with zero attached hydrogens (tertiary/aromatic N) is 1. The molecule has 0 radical (unpaired) electrons. The molecule has 2 amide bonds. The first-order chi connectivity index (χ1) is 18.6. The summed E-state index contributed by atoms with van der Waals surface area (Å²) in [5, 5.41) is 8.73. The summed E-state index contributed by atoms with van der Waals surface area (Å²) >= 11 is 1.49. The molecule has 2 heterocycles. The topological polar surface area (TPSA) is 80.3 Å². The van der Waals surface area contributed by atoms with E-state index >= 15 is 0 Å². The monoisotopic (exact) mass is 517 g/mol. The van der Waals surface area contributed by atoms with E-state index in [-0.39, 0.29) is 12.2 Å². The Hall–Kier alpha value is -4.75. The van der Waals surface area contributed by atoms with Crippen LogP contribution in [0, 0.1) is 0 Å². The van der Waals surface area contributed by atoms with Crippen molar-refractivity contribution in [2.75, 3.05) is 5.32 Å². The number of fused-ring (bicyclic) bond motifs is 1. The number of rotatable bonds is 8. The summed E-state index contributed by atoms with van der Waals surface area (Å²) in [6, 6.07) is 36.0. The van der Waals surface area contributed by atoms with Gasteiger partial charge in [0.25, 0.3) is 11.8 Å². The average molecular weight is 518 g/mol. The summed E-state index contributed by atoms with van der Waals surface area (Å²) in [6.07, 6.45) is 0. The van der Waals surface area contributed by atoms with Gasteiger partial charge in [-0.05, 0) is 28.8 Å². The summed E-state index contributed by atoms with van der Waals surface area (Å²) < 4.78 is 5.95. The zero-order chi connectivity index (χ0) is 26.0. The predicted molar refractivity (Wildman–Crippen MR) is 148 cm³/mol. The van der Waals surface area contributed by atoms with Gasteiger partial charge in [-0.2, -0.15) is 0 Å². The van der Waals surface area contributed by atoms with Crippen LogP contribution in [0.4, 0.5) is 5.13 Å². The number of nitrogens with one attached hydrogen (secondary N) is 2. The van der Waals surface area contributed by atoms with Gasteiger partial charge in [-0.15, -0.1) is 11.3 Å². The van der Waals surface area contributed by atoms with Gasteiger partial charge in [0.05, 0.1) is 16.8 Å². The molecular weight excluding hydrogens is 494 g/mol. The minimum atomic E-state index is -0.682.